The van der Waals surface area contributed by atoms with Gasteiger partial charge in [-0.15, -0.1) is 0 Å². The maximum atomic E-state index is 12.2. The van der Waals surface area contributed by atoms with Crippen molar-refractivity contribution in [3.63, 3.8) is 0 Å². The molecule has 0 heterocycles. The molecule has 0 saturated heterocycles. The minimum Gasteiger partial charge on any atom is -0.345 e. The van der Waals surface area contributed by atoms with Crippen LogP contribution >= 0.6 is 0 Å². The standard InChI is InChI=1S/C18H30N2O2/c1-4-11(2)19-16(21)17(22)20-12(3)18-8-13-5-14(9-18)7-15(6-13)10-18/h11-15H,4-10H2,1-3H3,(H,19,21)(H,20,22). The maximum Gasteiger partial charge on any atom is 0.309 e. The van der Waals surface area contributed by atoms with Gasteiger partial charge in [-0.3, -0.25) is 9.59 Å². The highest BCUT2D eigenvalue weighted by molar-refractivity contribution is 6.35. The summed E-state index contributed by atoms with van der Waals surface area (Å²) in [5.41, 5.74) is 0.251. The SMILES string of the molecule is CCC(C)NC(=O)C(=O)NC(C)C12CC3CC(CC(C3)C1)C2. The average molecular weight is 306 g/mol. The van der Waals surface area contributed by atoms with Crippen molar-refractivity contribution in [2.45, 2.75) is 77.8 Å². The zero-order chi connectivity index (χ0) is 15.9. The summed E-state index contributed by atoms with van der Waals surface area (Å²) in [6, 6.07) is 0.157. The quantitative estimate of drug-likeness (QED) is 0.784. The molecule has 0 spiro atoms. The van der Waals surface area contributed by atoms with Gasteiger partial charge in [0.15, 0.2) is 0 Å². The Bertz CT molecular complexity index is 425. The molecule has 0 aromatic rings. The molecule has 4 aliphatic carbocycles. The molecule has 4 heteroatoms. The second kappa shape index (κ2) is 5.86. The number of rotatable bonds is 4. The van der Waals surface area contributed by atoms with Crippen LogP contribution in [0.15, 0.2) is 0 Å². The van der Waals surface area contributed by atoms with E-state index in [9.17, 15) is 9.59 Å². The van der Waals surface area contributed by atoms with Crippen molar-refractivity contribution in [2.75, 3.05) is 0 Å². The van der Waals surface area contributed by atoms with Crippen molar-refractivity contribution in [1.29, 1.82) is 0 Å². The van der Waals surface area contributed by atoms with Crippen molar-refractivity contribution < 1.29 is 9.59 Å². The number of carbonyl (C=O) groups excluding carboxylic acids is 2. The topological polar surface area (TPSA) is 58.2 Å². The van der Waals surface area contributed by atoms with Crippen LogP contribution in [-0.4, -0.2) is 23.9 Å². The Balaban J connectivity index is 1.61. The lowest BCUT2D eigenvalue weighted by atomic mass is 9.48. The largest absolute Gasteiger partial charge is 0.345 e. The first kappa shape index (κ1) is 15.8. The molecule has 124 valence electrons. The van der Waals surface area contributed by atoms with Crippen molar-refractivity contribution in [1.82, 2.24) is 10.6 Å². The van der Waals surface area contributed by atoms with E-state index in [1.54, 1.807) is 0 Å². The van der Waals surface area contributed by atoms with Gasteiger partial charge in [0.1, 0.15) is 0 Å². The van der Waals surface area contributed by atoms with E-state index in [1.165, 1.54) is 38.5 Å². The Morgan fingerprint density at radius 3 is 1.86 bits per heavy atom. The number of hydrogen-bond donors (Lipinski definition) is 2. The monoisotopic (exact) mass is 306 g/mol. The molecule has 4 fully saturated rings. The molecule has 4 bridgehead atoms. The summed E-state index contributed by atoms with van der Waals surface area (Å²) in [5, 5.41) is 5.77. The van der Waals surface area contributed by atoms with Crippen molar-refractivity contribution in [2.24, 2.45) is 23.2 Å². The molecule has 4 rings (SSSR count). The minimum atomic E-state index is -0.481. The number of carbonyl (C=O) groups is 2. The first-order valence-electron chi connectivity index (χ1n) is 9.03. The lowest BCUT2D eigenvalue weighted by Crippen LogP contribution is -2.57. The summed E-state index contributed by atoms with van der Waals surface area (Å²) in [6.07, 6.45) is 8.76. The van der Waals surface area contributed by atoms with E-state index in [2.05, 4.69) is 17.6 Å². The van der Waals surface area contributed by atoms with Gasteiger partial charge in [0.05, 0.1) is 0 Å². The Morgan fingerprint density at radius 2 is 1.41 bits per heavy atom. The van der Waals surface area contributed by atoms with E-state index in [0.29, 0.717) is 0 Å². The van der Waals surface area contributed by atoms with Gasteiger partial charge in [0.2, 0.25) is 0 Å². The second-order valence-corrected chi connectivity index (χ2v) is 8.26. The molecule has 2 N–H and O–H groups in total. The van der Waals surface area contributed by atoms with Gasteiger partial charge >= 0.3 is 11.8 Å². The van der Waals surface area contributed by atoms with Gasteiger partial charge in [-0.1, -0.05) is 6.92 Å². The van der Waals surface area contributed by atoms with Crippen LogP contribution < -0.4 is 10.6 Å². The van der Waals surface area contributed by atoms with E-state index < -0.39 is 11.8 Å². The lowest BCUT2D eigenvalue weighted by molar-refractivity contribution is -0.142. The fourth-order valence-electron chi connectivity index (χ4n) is 5.51. The Morgan fingerprint density at radius 1 is 0.955 bits per heavy atom. The summed E-state index contributed by atoms with van der Waals surface area (Å²) < 4.78 is 0. The van der Waals surface area contributed by atoms with Gasteiger partial charge in [0, 0.05) is 12.1 Å². The van der Waals surface area contributed by atoms with Crippen LogP contribution in [0.4, 0.5) is 0 Å². The van der Waals surface area contributed by atoms with Crippen LogP contribution in [0.25, 0.3) is 0 Å². The molecule has 4 nitrogen and oxygen atoms in total. The predicted molar refractivity (Wildman–Crippen MR) is 86.1 cm³/mol. The summed E-state index contributed by atoms with van der Waals surface area (Å²) >= 11 is 0. The molecular formula is C18H30N2O2. The summed E-state index contributed by atoms with van der Waals surface area (Å²) in [4.78, 5) is 24.1. The van der Waals surface area contributed by atoms with Crippen molar-refractivity contribution >= 4 is 11.8 Å². The highest BCUT2D eigenvalue weighted by atomic mass is 16.2. The predicted octanol–water partition coefficient (Wildman–Crippen LogP) is 2.62. The Hall–Kier alpha value is -1.06. The van der Waals surface area contributed by atoms with E-state index in [4.69, 9.17) is 0 Å². The molecule has 2 atom stereocenters. The summed E-state index contributed by atoms with van der Waals surface area (Å²) in [7, 11) is 0. The molecule has 22 heavy (non-hydrogen) atoms. The van der Waals surface area contributed by atoms with Crippen LogP contribution in [0.2, 0.25) is 0 Å². The van der Waals surface area contributed by atoms with Crippen LogP contribution in [0, 0.1) is 23.2 Å². The fraction of sp³-hybridized carbons (Fsp3) is 0.889. The molecule has 0 aromatic heterocycles. The van der Waals surface area contributed by atoms with Gasteiger partial charge in [-0.05, 0) is 82.0 Å². The molecule has 0 radical (unpaired) electrons. The van der Waals surface area contributed by atoms with E-state index in [1.807, 2.05) is 13.8 Å². The van der Waals surface area contributed by atoms with Crippen molar-refractivity contribution in [3.05, 3.63) is 0 Å². The van der Waals surface area contributed by atoms with Gasteiger partial charge < -0.3 is 10.6 Å². The lowest BCUT2D eigenvalue weighted by Gasteiger charge is -2.59. The van der Waals surface area contributed by atoms with Crippen LogP contribution in [0.5, 0.6) is 0 Å². The zero-order valence-corrected chi connectivity index (χ0v) is 14.2. The Labute approximate surface area is 133 Å². The maximum absolute atomic E-state index is 12.2. The van der Waals surface area contributed by atoms with Crippen LogP contribution in [-0.2, 0) is 9.59 Å². The normalized spacial score (nSPS) is 38.4. The highest BCUT2D eigenvalue weighted by Gasteiger charge is 2.53. The van der Waals surface area contributed by atoms with Crippen molar-refractivity contribution in [3.8, 4) is 0 Å². The third-order valence-corrected chi connectivity index (χ3v) is 6.55. The first-order chi connectivity index (χ1) is 10.4. The number of hydrogen-bond acceptors (Lipinski definition) is 2. The molecule has 4 aliphatic rings. The van der Waals surface area contributed by atoms with Gasteiger partial charge in [0.25, 0.3) is 0 Å². The zero-order valence-electron chi connectivity index (χ0n) is 14.2. The minimum absolute atomic E-state index is 0.0492. The molecule has 0 aromatic carbocycles. The highest BCUT2D eigenvalue weighted by Crippen LogP contribution is 2.61. The summed E-state index contributed by atoms with van der Waals surface area (Å²) in [6.45, 7) is 6.04. The van der Waals surface area contributed by atoms with E-state index in [-0.39, 0.29) is 17.5 Å². The summed E-state index contributed by atoms with van der Waals surface area (Å²) in [5.74, 6) is 1.65. The molecule has 2 amide bonds. The van der Waals surface area contributed by atoms with Gasteiger partial charge in [-0.25, -0.2) is 0 Å². The molecule has 0 aliphatic heterocycles. The molecular weight excluding hydrogens is 276 g/mol. The van der Waals surface area contributed by atoms with E-state index in [0.717, 1.165) is 24.2 Å². The number of nitrogens with one attached hydrogen (secondary N) is 2. The van der Waals surface area contributed by atoms with Gasteiger partial charge in [-0.2, -0.15) is 0 Å². The molecule has 4 saturated carbocycles. The fourth-order valence-corrected chi connectivity index (χ4v) is 5.51. The average Bonchev–Trinajstić information content (AvgIpc) is 2.45. The molecule has 2 unspecified atom stereocenters. The second-order valence-electron chi connectivity index (χ2n) is 8.26. The third kappa shape index (κ3) is 2.89. The first-order valence-corrected chi connectivity index (χ1v) is 9.03. The van der Waals surface area contributed by atoms with Crippen LogP contribution in [0.1, 0.15) is 65.7 Å². The third-order valence-electron chi connectivity index (χ3n) is 6.55. The number of amides is 2. The Kier molecular flexibility index (Phi) is 4.21. The van der Waals surface area contributed by atoms with Crippen LogP contribution in [0.3, 0.4) is 0 Å². The smallest absolute Gasteiger partial charge is 0.309 e. The van der Waals surface area contributed by atoms with E-state index >= 15 is 0 Å².